The minimum atomic E-state index is -1.01. The summed E-state index contributed by atoms with van der Waals surface area (Å²) in [7, 11) is 0. The van der Waals surface area contributed by atoms with E-state index >= 15 is 0 Å². The van der Waals surface area contributed by atoms with E-state index in [-0.39, 0.29) is 13.0 Å². The van der Waals surface area contributed by atoms with Crippen molar-refractivity contribution >= 4 is 23.8 Å². The van der Waals surface area contributed by atoms with Crippen LogP contribution in [0.2, 0.25) is 0 Å². The molecule has 156 valence electrons. The molecule has 4 amide bonds. The van der Waals surface area contributed by atoms with E-state index in [0.717, 1.165) is 5.56 Å². The van der Waals surface area contributed by atoms with E-state index in [2.05, 4.69) is 17.2 Å². The van der Waals surface area contributed by atoms with Crippen molar-refractivity contribution in [2.45, 2.75) is 12.5 Å². The summed E-state index contributed by atoms with van der Waals surface area (Å²) in [6.45, 7) is 2.96. The van der Waals surface area contributed by atoms with Gasteiger partial charge in [-0.15, -0.1) is 6.58 Å². The van der Waals surface area contributed by atoms with Crippen molar-refractivity contribution in [3.8, 4) is 0 Å². The van der Waals surface area contributed by atoms with Gasteiger partial charge in [0.2, 0.25) is 0 Å². The third-order valence-corrected chi connectivity index (χ3v) is 3.91. The minimum Gasteiger partial charge on any atom is -0.454 e. The highest BCUT2D eigenvalue weighted by Crippen LogP contribution is 2.07. The molecule has 2 aromatic rings. The Morgan fingerprint density at radius 3 is 2.23 bits per heavy atom. The van der Waals surface area contributed by atoms with E-state index in [1.54, 1.807) is 30.3 Å². The fourth-order valence-electron chi connectivity index (χ4n) is 2.48. The van der Waals surface area contributed by atoms with Crippen LogP contribution < -0.4 is 16.0 Å². The molecule has 0 radical (unpaired) electrons. The molecule has 0 heterocycles. The van der Waals surface area contributed by atoms with Crippen LogP contribution in [0.1, 0.15) is 15.9 Å². The van der Waals surface area contributed by atoms with Crippen LogP contribution in [0.25, 0.3) is 0 Å². The molecular weight excluding hydrogens is 386 g/mol. The minimum absolute atomic E-state index is 0.180. The molecule has 0 aromatic heterocycles. The molecule has 2 aromatic carbocycles. The molecule has 30 heavy (non-hydrogen) atoms. The first kappa shape index (κ1) is 22.4. The molecule has 3 N–H and O–H groups in total. The molecule has 0 saturated heterocycles. The Morgan fingerprint density at radius 1 is 0.967 bits per heavy atom. The quantitative estimate of drug-likeness (QED) is 0.430. The van der Waals surface area contributed by atoms with Crippen molar-refractivity contribution in [3.63, 3.8) is 0 Å². The number of ether oxygens (including phenoxy) is 1. The molecule has 0 aliphatic carbocycles. The Morgan fingerprint density at radius 2 is 1.60 bits per heavy atom. The molecule has 0 saturated carbocycles. The summed E-state index contributed by atoms with van der Waals surface area (Å²) < 4.78 is 5.01. The maximum Gasteiger partial charge on any atom is 0.329 e. The molecule has 1 atom stereocenters. The SMILES string of the molecule is C=CCNC(=O)NC(=O)COC(=O)[C@@H](Cc1ccccc1)NC(=O)c1ccccc1. The predicted molar refractivity (Wildman–Crippen MR) is 111 cm³/mol. The average Bonchev–Trinajstić information content (AvgIpc) is 2.76. The van der Waals surface area contributed by atoms with Gasteiger partial charge in [-0.3, -0.25) is 14.9 Å². The van der Waals surface area contributed by atoms with Crippen LogP contribution in [0.15, 0.2) is 73.3 Å². The van der Waals surface area contributed by atoms with Crippen LogP contribution in [0.5, 0.6) is 0 Å². The summed E-state index contributed by atoms with van der Waals surface area (Å²) >= 11 is 0. The van der Waals surface area contributed by atoms with Gasteiger partial charge >= 0.3 is 12.0 Å². The normalized spacial score (nSPS) is 10.9. The second-order valence-electron chi connectivity index (χ2n) is 6.24. The van der Waals surface area contributed by atoms with Gasteiger partial charge in [0.1, 0.15) is 6.04 Å². The lowest BCUT2D eigenvalue weighted by Gasteiger charge is -2.18. The lowest BCUT2D eigenvalue weighted by Crippen LogP contribution is -2.45. The molecule has 0 aliphatic heterocycles. The number of nitrogens with one attached hydrogen (secondary N) is 3. The molecule has 8 nitrogen and oxygen atoms in total. The van der Waals surface area contributed by atoms with Gasteiger partial charge in [-0.1, -0.05) is 54.6 Å². The van der Waals surface area contributed by atoms with E-state index in [1.807, 2.05) is 35.6 Å². The van der Waals surface area contributed by atoms with E-state index in [9.17, 15) is 19.2 Å². The zero-order valence-corrected chi connectivity index (χ0v) is 16.3. The molecular formula is C22H23N3O5. The highest BCUT2D eigenvalue weighted by molar-refractivity contribution is 5.98. The van der Waals surface area contributed by atoms with Gasteiger partial charge in [0.25, 0.3) is 11.8 Å². The first-order chi connectivity index (χ1) is 14.5. The summed E-state index contributed by atoms with van der Waals surface area (Å²) in [6.07, 6.45) is 1.63. The maximum absolute atomic E-state index is 12.5. The summed E-state index contributed by atoms with van der Waals surface area (Å²) in [5, 5.41) is 7.03. The van der Waals surface area contributed by atoms with E-state index in [1.165, 1.54) is 6.08 Å². The number of hydrogen-bond acceptors (Lipinski definition) is 5. The number of rotatable bonds is 9. The second kappa shape index (κ2) is 11.8. The highest BCUT2D eigenvalue weighted by Gasteiger charge is 2.24. The first-order valence-electron chi connectivity index (χ1n) is 9.24. The van der Waals surface area contributed by atoms with Gasteiger partial charge in [0.15, 0.2) is 6.61 Å². The monoisotopic (exact) mass is 409 g/mol. The van der Waals surface area contributed by atoms with Crippen LogP contribution in [0, 0.1) is 0 Å². The largest absolute Gasteiger partial charge is 0.454 e. The van der Waals surface area contributed by atoms with Crippen LogP contribution in [0.4, 0.5) is 4.79 Å². The van der Waals surface area contributed by atoms with Crippen molar-refractivity contribution in [3.05, 3.63) is 84.4 Å². The number of hydrogen-bond donors (Lipinski definition) is 3. The standard InChI is InChI=1S/C22H23N3O5/c1-2-13-23-22(29)25-19(26)15-30-21(28)18(14-16-9-5-3-6-10-16)24-20(27)17-11-7-4-8-12-17/h2-12,18H,1,13-15H2,(H,24,27)(H2,23,25,26,29)/t18-/m1/s1. The van der Waals surface area contributed by atoms with E-state index in [4.69, 9.17) is 4.74 Å². The third-order valence-electron chi connectivity index (χ3n) is 3.91. The Labute approximate surface area is 174 Å². The van der Waals surface area contributed by atoms with E-state index in [0.29, 0.717) is 5.56 Å². The second-order valence-corrected chi connectivity index (χ2v) is 6.24. The van der Waals surface area contributed by atoms with Crippen molar-refractivity contribution in [2.24, 2.45) is 0 Å². The molecule has 2 rings (SSSR count). The van der Waals surface area contributed by atoms with Crippen LogP contribution in [0.3, 0.4) is 0 Å². The van der Waals surface area contributed by atoms with E-state index < -0.39 is 36.5 Å². The zero-order chi connectivity index (χ0) is 21.8. The van der Waals surface area contributed by atoms with Crippen molar-refractivity contribution in [1.29, 1.82) is 0 Å². The predicted octanol–water partition coefficient (Wildman–Crippen LogP) is 1.58. The lowest BCUT2D eigenvalue weighted by atomic mass is 10.1. The average molecular weight is 409 g/mol. The van der Waals surface area contributed by atoms with Crippen molar-refractivity contribution in [2.75, 3.05) is 13.2 Å². The number of esters is 1. The topological polar surface area (TPSA) is 114 Å². The molecule has 0 bridgehead atoms. The van der Waals surface area contributed by atoms with Crippen LogP contribution >= 0.6 is 0 Å². The third kappa shape index (κ3) is 7.59. The molecule has 8 heteroatoms. The van der Waals surface area contributed by atoms with Gasteiger partial charge in [-0.25, -0.2) is 9.59 Å². The fraction of sp³-hybridized carbons (Fsp3) is 0.182. The zero-order valence-electron chi connectivity index (χ0n) is 16.3. The van der Waals surface area contributed by atoms with Gasteiger partial charge in [0, 0.05) is 18.5 Å². The number of urea groups is 1. The molecule has 0 aliphatic rings. The number of amides is 4. The highest BCUT2D eigenvalue weighted by atomic mass is 16.5. The lowest BCUT2D eigenvalue weighted by molar-refractivity contribution is -0.150. The van der Waals surface area contributed by atoms with Crippen LogP contribution in [-0.2, 0) is 20.7 Å². The first-order valence-corrected chi connectivity index (χ1v) is 9.24. The fourth-order valence-corrected chi connectivity index (χ4v) is 2.48. The number of carbonyl (C=O) groups is 4. The smallest absolute Gasteiger partial charge is 0.329 e. The van der Waals surface area contributed by atoms with Crippen LogP contribution in [-0.4, -0.2) is 43.0 Å². The Balaban J connectivity index is 1.99. The summed E-state index contributed by atoms with van der Waals surface area (Å²) in [5.74, 6) is -2.02. The number of imide groups is 1. The van der Waals surface area contributed by atoms with Gasteiger partial charge in [-0.05, 0) is 17.7 Å². The molecule has 0 spiro atoms. The Bertz CT molecular complexity index is 884. The number of carbonyl (C=O) groups excluding carboxylic acids is 4. The summed E-state index contributed by atoms with van der Waals surface area (Å²) in [6, 6.07) is 15.8. The molecule has 0 unspecified atom stereocenters. The van der Waals surface area contributed by atoms with Gasteiger partial charge in [-0.2, -0.15) is 0 Å². The van der Waals surface area contributed by atoms with Gasteiger partial charge < -0.3 is 15.4 Å². The Kier molecular flexibility index (Phi) is 8.79. The summed E-state index contributed by atoms with van der Waals surface area (Å²) in [5.41, 5.74) is 1.20. The van der Waals surface area contributed by atoms with Crippen molar-refractivity contribution < 1.29 is 23.9 Å². The van der Waals surface area contributed by atoms with Crippen molar-refractivity contribution in [1.82, 2.24) is 16.0 Å². The number of benzene rings is 2. The molecule has 0 fully saturated rings. The maximum atomic E-state index is 12.5. The van der Waals surface area contributed by atoms with Gasteiger partial charge in [0.05, 0.1) is 0 Å². The Hall–Kier alpha value is -3.94. The summed E-state index contributed by atoms with van der Waals surface area (Å²) in [4.78, 5) is 48.2.